The van der Waals surface area contributed by atoms with Gasteiger partial charge >= 0.3 is 5.69 Å². The average Bonchev–Trinajstić information content (AvgIpc) is 1.89. The summed E-state index contributed by atoms with van der Waals surface area (Å²) in [5.74, 6) is 0. The highest BCUT2D eigenvalue weighted by Gasteiger charge is 2.03. The first-order chi connectivity index (χ1) is 4.34. The zero-order valence-electron chi connectivity index (χ0n) is 4.65. The molecule has 0 atom stereocenters. The fraction of sp³-hybridized carbons (Fsp3) is 0. The molecule has 0 fully saturated rings. The summed E-state index contributed by atoms with van der Waals surface area (Å²) in [4.78, 5) is 0. The summed E-state index contributed by atoms with van der Waals surface area (Å²) in [5, 5.41) is 17.1. The van der Waals surface area contributed by atoms with Crippen LogP contribution in [0.4, 0.5) is 0 Å². The summed E-state index contributed by atoms with van der Waals surface area (Å²) >= 11 is 0. The van der Waals surface area contributed by atoms with Gasteiger partial charge in [-0.2, -0.15) is 5.26 Å². The molecule has 0 bridgehead atoms. The monoisotopic (exact) mass is 121 g/mol. The molecule has 1 N–H and O–H groups in total. The van der Waals surface area contributed by atoms with Crippen molar-refractivity contribution in [1.29, 1.82) is 5.26 Å². The van der Waals surface area contributed by atoms with Crippen LogP contribution < -0.4 is 4.73 Å². The Kier molecular flexibility index (Phi) is 1.32. The quantitative estimate of drug-likeness (QED) is 0.390. The summed E-state index contributed by atoms with van der Waals surface area (Å²) in [7, 11) is 0. The van der Waals surface area contributed by atoms with Crippen LogP contribution in [-0.2, 0) is 0 Å². The number of rotatable bonds is 0. The molecule has 0 aliphatic heterocycles. The Morgan fingerprint density at radius 1 is 1.56 bits per heavy atom. The van der Waals surface area contributed by atoms with Crippen molar-refractivity contribution in [2.45, 2.75) is 0 Å². The molecule has 3 heteroatoms. The van der Waals surface area contributed by atoms with Gasteiger partial charge in [-0.1, -0.05) is 0 Å². The third kappa shape index (κ3) is 0.970. The minimum absolute atomic E-state index is 0.234. The minimum Gasteiger partial charge on any atom is -0.284 e. The van der Waals surface area contributed by atoms with E-state index in [0.29, 0.717) is 0 Å². The summed E-state index contributed by atoms with van der Waals surface area (Å²) in [6, 6.07) is 6.66. The summed E-state index contributed by atoms with van der Waals surface area (Å²) in [6.45, 7) is 0. The third-order valence-electron chi connectivity index (χ3n) is 0.954. The maximum absolute atomic E-state index is 8.80. The number of nitrogens with zero attached hydrogens (tertiary/aromatic N) is 2. The molecular weight excluding hydrogens is 116 g/mol. The van der Waals surface area contributed by atoms with Crippen LogP contribution in [0.1, 0.15) is 5.69 Å². The van der Waals surface area contributed by atoms with Crippen molar-refractivity contribution in [2.24, 2.45) is 0 Å². The summed E-state index contributed by atoms with van der Waals surface area (Å²) in [5.41, 5.74) is 0.234. The van der Waals surface area contributed by atoms with Crippen LogP contribution in [0.5, 0.6) is 0 Å². The molecule has 0 aliphatic rings. The fourth-order valence-corrected chi connectivity index (χ4v) is 0.523. The summed E-state index contributed by atoms with van der Waals surface area (Å²) < 4.78 is 0.778. The van der Waals surface area contributed by atoms with Crippen LogP contribution in [0.15, 0.2) is 24.4 Å². The average molecular weight is 121 g/mol. The van der Waals surface area contributed by atoms with Crippen molar-refractivity contribution < 1.29 is 9.94 Å². The van der Waals surface area contributed by atoms with E-state index < -0.39 is 0 Å². The molecule has 9 heavy (non-hydrogen) atoms. The predicted octanol–water partition coefficient (Wildman–Crippen LogP) is 0.0831. The van der Waals surface area contributed by atoms with Crippen molar-refractivity contribution in [3.05, 3.63) is 30.1 Å². The summed E-state index contributed by atoms with van der Waals surface area (Å²) in [6.07, 6.45) is 1.40. The van der Waals surface area contributed by atoms with Gasteiger partial charge in [-0.05, 0) is 6.07 Å². The van der Waals surface area contributed by atoms with Gasteiger partial charge < -0.3 is 0 Å². The molecule has 1 aromatic heterocycles. The van der Waals surface area contributed by atoms with E-state index in [4.69, 9.17) is 10.5 Å². The standard InChI is InChI=1S/C6H5N2O/c7-5-6-3-1-2-4-8(6)9/h1-4,9H/q+1. The van der Waals surface area contributed by atoms with E-state index in [1.54, 1.807) is 12.1 Å². The van der Waals surface area contributed by atoms with Gasteiger partial charge in [0.15, 0.2) is 6.07 Å². The van der Waals surface area contributed by atoms with E-state index in [1.807, 2.05) is 6.07 Å². The van der Waals surface area contributed by atoms with Gasteiger partial charge in [0.2, 0.25) is 6.20 Å². The lowest BCUT2D eigenvalue weighted by Crippen LogP contribution is -2.32. The smallest absolute Gasteiger partial charge is 0.284 e. The topological polar surface area (TPSA) is 47.9 Å². The number of hydrogen-bond acceptors (Lipinski definition) is 2. The first-order valence-corrected chi connectivity index (χ1v) is 2.44. The molecule has 0 saturated carbocycles. The Morgan fingerprint density at radius 3 is 2.78 bits per heavy atom. The zero-order chi connectivity index (χ0) is 6.69. The van der Waals surface area contributed by atoms with Crippen molar-refractivity contribution in [1.82, 2.24) is 0 Å². The van der Waals surface area contributed by atoms with E-state index in [9.17, 15) is 0 Å². The SMILES string of the molecule is N#Cc1cccc[n+]1O. The van der Waals surface area contributed by atoms with Crippen molar-refractivity contribution in [2.75, 3.05) is 0 Å². The van der Waals surface area contributed by atoms with Gasteiger partial charge in [0.1, 0.15) is 0 Å². The number of pyridine rings is 1. The van der Waals surface area contributed by atoms with Gasteiger partial charge in [0.25, 0.3) is 0 Å². The molecule has 0 spiro atoms. The molecule has 3 nitrogen and oxygen atoms in total. The maximum Gasteiger partial charge on any atom is 0.333 e. The van der Waals surface area contributed by atoms with Gasteiger partial charge in [-0.15, -0.1) is 0 Å². The molecular formula is C6H5N2O+. The molecule has 0 aliphatic carbocycles. The van der Waals surface area contributed by atoms with Gasteiger partial charge in [-0.25, -0.2) is 0 Å². The lowest BCUT2D eigenvalue weighted by Gasteiger charge is -1.80. The fourth-order valence-electron chi connectivity index (χ4n) is 0.523. The molecule has 0 radical (unpaired) electrons. The highest BCUT2D eigenvalue weighted by Crippen LogP contribution is 1.84. The lowest BCUT2D eigenvalue weighted by atomic mass is 10.4. The Bertz CT molecular complexity index is 251. The predicted molar refractivity (Wildman–Crippen MR) is 28.5 cm³/mol. The van der Waals surface area contributed by atoms with Crippen LogP contribution in [0, 0.1) is 11.3 Å². The van der Waals surface area contributed by atoms with E-state index in [-0.39, 0.29) is 5.69 Å². The molecule has 0 amide bonds. The van der Waals surface area contributed by atoms with Crippen LogP contribution in [0.25, 0.3) is 0 Å². The van der Waals surface area contributed by atoms with E-state index in [0.717, 1.165) is 4.73 Å². The van der Waals surface area contributed by atoms with Crippen molar-refractivity contribution >= 4 is 0 Å². The number of hydrogen-bond donors (Lipinski definition) is 1. The Balaban J connectivity index is 3.20. The second kappa shape index (κ2) is 2.14. The van der Waals surface area contributed by atoms with Gasteiger partial charge in [0.05, 0.1) is 0 Å². The second-order valence-corrected chi connectivity index (χ2v) is 1.54. The molecule has 0 aromatic carbocycles. The largest absolute Gasteiger partial charge is 0.333 e. The lowest BCUT2D eigenvalue weighted by molar-refractivity contribution is -0.906. The number of nitriles is 1. The molecule has 0 unspecified atom stereocenters. The zero-order valence-corrected chi connectivity index (χ0v) is 4.65. The molecule has 1 rings (SSSR count). The molecule has 44 valence electrons. The van der Waals surface area contributed by atoms with E-state index >= 15 is 0 Å². The van der Waals surface area contributed by atoms with E-state index in [1.165, 1.54) is 12.3 Å². The van der Waals surface area contributed by atoms with Crippen LogP contribution in [0.3, 0.4) is 0 Å². The Labute approximate surface area is 52.4 Å². The molecule has 1 heterocycles. The van der Waals surface area contributed by atoms with Crippen LogP contribution >= 0.6 is 0 Å². The van der Waals surface area contributed by atoms with Crippen molar-refractivity contribution in [3.8, 4) is 6.07 Å². The molecule has 0 saturated heterocycles. The highest BCUT2D eigenvalue weighted by molar-refractivity contribution is 5.12. The van der Waals surface area contributed by atoms with Crippen molar-refractivity contribution in [3.63, 3.8) is 0 Å². The second-order valence-electron chi connectivity index (χ2n) is 1.54. The Hall–Kier alpha value is -1.56. The normalized spacial score (nSPS) is 8.33. The first kappa shape index (κ1) is 5.57. The first-order valence-electron chi connectivity index (χ1n) is 2.44. The third-order valence-corrected chi connectivity index (χ3v) is 0.954. The minimum atomic E-state index is 0.234. The number of aromatic nitrogens is 1. The molecule has 1 aromatic rings. The Morgan fingerprint density at radius 2 is 2.33 bits per heavy atom. The van der Waals surface area contributed by atoms with Crippen LogP contribution in [-0.4, -0.2) is 5.21 Å². The highest BCUT2D eigenvalue weighted by atomic mass is 16.5. The van der Waals surface area contributed by atoms with Gasteiger partial charge in [0, 0.05) is 16.9 Å². The maximum atomic E-state index is 8.80. The van der Waals surface area contributed by atoms with E-state index in [2.05, 4.69) is 0 Å². The van der Waals surface area contributed by atoms with Crippen LogP contribution in [0.2, 0.25) is 0 Å². The van der Waals surface area contributed by atoms with Gasteiger partial charge in [-0.3, -0.25) is 5.21 Å².